The number of hydrogen-bond donors (Lipinski definition) is 2. The van der Waals surface area contributed by atoms with Crippen molar-refractivity contribution in [3.63, 3.8) is 0 Å². The highest BCUT2D eigenvalue weighted by Gasteiger charge is 2.29. The van der Waals surface area contributed by atoms with E-state index < -0.39 is 6.29 Å². The molecule has 2 atom stereocenters. The number of rotatable bonds is 10. The fraction of sp³-hybridized carbons (Fsp3) is 0.550. The number of nitrogens with one attached hydrogen (secondary N) is 1. The predicted octanol–water partition coefficient (Wildman–Crippen LogP) is 1.95. The van der Waals surface area contributed by atoms with Crippen LogP contribution < -0.4 is 5.32 Å². The Hall–Kier alpha value is -1.89. The van der Waals surface area contributed by atoms with E-state index >= 15 is 0 Å². The number of aliphatic hydroxyl groups excluding tert-OH is 1. The Morgan fingerprint density at radius 1 is 1.19 bits per heavy atom. The van der Waals surface area contributed by atoms with Gasteiger partial charge in [0.25, 0.3) is 5.91 Å². The molecule has 0 unspecified atom stereocenters. The highest BCUT2D eigenvalue weighted by Crippen LogP contribution is 2.32. The van der Waals surface area contributed by atoms with Crippen molar-refractivity contribution in [3.05, 3.63) is 47.7 Å². The standard InChI is InChI=1S/C20H27NO5/c22-8-9-24-10-11-25-19-13-17(16-4-2-1-3-5-16)12-18(26-19)20(23)21-14-15-6-7-15/h1-5,12,15,17,19,22H,6-11,13-14H2,(H,21,23)/t17-,19+/m0/s1. The third-order valence-electron chi connectivity index (χ3n) is 4.52. The summed E-state index contributed by atoms with van der Waals surface area (Å²) in [5, 5.41) is 11.7. The van der Waals surface area contributed by atoms with Gasteiger partial charge in [-0.3, -0.25) is 4.79 Å². The van der Waals surface area contributed by atoms with Crippen molar-refractivity contribution in [1.29, 1.82) is 0 Å². The number of hydrogen-bond acceptors (Lipinski definition) is 5. The van der Waals surface area contributed by atoms with Crippen LogP contribution in [0.5, 0.6) is 0 Å². The lowest BCUT2D eigenvalue weighted by molar-refractivity contribution is -0.151. The molecule has 1 heterocycles. The minimum Gasteiger partial charge on any atom is -0.459 e. The number of amides is 1. The van der Waals surface area contributed by atoms with Crippen LogP contribution in [-0.4, -0.2) is 50.3 Å². The Morgan fingerprint density at radius 2 is 2.00 bits per heavy atom. The largest absolute Gasteiger partial charge is 0.459 e. The van der Waals surface area contributed by atoms with Gasteiger partial charge in [-0.15, -0.1) is 0 Å². The van der Waals surface area contributed by atoms with E-state index in [0.29, 0.717) is 37.9 Å². The van der Waals surface area contributed by atoms with Crippen LogP contribution in [0, 0.1) is 5.92 Å². The summed E-state index contributed by atoms with van der Waals surface area (Å²) in [4.78, 5) is 12.5. The number of carbonyl (C=O) groups excluding carboxylic acids is 1. The molecule has 0 saturated heterocycles. The molecule has 1 fully saturated rings. The number of ether oxygens (including phenoxy) is 3. The molecule has 1 aromatic carbocycles. The van der Waals surface area contributed by atoms with Crippen LogP contribution >= 0.6 is 0 Å². The first-order valence-corrected chi connectivity index (χ1v) is 9.28. The van der Waals surface area contributed by atoms with Crippen LogP contribution in [0.3, 0.4) is 0 Å². The van der Waals surface area contributed by atoms with E-state index in [9.17, 15) is 4.79 Å². The van der Waals surface area contributed by atoms with Crippen molar-refractivity contribution in [2.24, 2.45) is 5.92 Å². The summed E-state index contributed by atoms with van der Waals surface area (Å²) in [5.74, 6) is 0.827. The smallest absolute Gasteiger partial charge is 0.286 e. The maximum absolute atomic E-state index is 12.5. The lowest BCUT2D eigenvalue weighted by Gasteiger charge is -2.29. The fourth-order valence-electron chi connectivity index (χ4n) is 2.90. The quantitative estimate of drug-likeness (QED) is 0.623. The zero-order valence-electron chi connectivity index (χ0n) is 14.9. The van der Waals surface area contributed by atoms with Crippen molar-refractivity contribution in [1.82, 2.24) is 5.32 Å². The predicted molar refractivity (Wildman–Crippen MR) is 96.3 cm³/mol. The molecule has 1 aromatic rings. The molecule has 0 radical (unpaired) electrons. The molecule has 6 heteroatoms. The number of aliphatic hydroxyl groups is 1. The molecule has 1 aliphatic carbocycles. The van der Waals surface area contributed by atoms with Gasteiger partial charge in [-0.05, 0) is 30.4 Å². The van der Waals surface area contributed by atoms with Gasteiger partial charge < -0.3 is 24.6 Å². The minimum atomic E-state index is -0.496. The van der Waals surface area contributed by atoms with E-state index in [1.54, 1.807) is 0 Å². The average Bonchev–Trinajstić information content (AvgIpc) is 3.51. The van der Waals surface area contributed by atoms with Gasteiger partial charge in [0.15, 0.2) is 5.76 Å². The Bertz CT molecular complexity index is 599. The fourth-order valence-corrected chi connectivity index (χ4v) is 2.90. The van der Waals surface area contributed by atoms with Gasteiger partial charge in [0, 0.05) is 18.9 Å². The number of allylic oxidation sites excluding steroid dienone is 1. The Labute approximate surface area is 154 Å². The van der Waals surface area contributed by atoms with Crippen LogP contribution in [0.2, 0.25) is 0 Å². The van der Waals surface area contributed by atoms with Gasteiger partial charge >= 0.3 is 0 Å². The monoisotopic (exact) mass is 361 g/mol. The molecular formula is C20H27NO5. The molecular weight excluding hydrogens is 334 g/mol. The molecule has 1 amide bonds. The summed E-state index contributed by atoms with van der Waals surface area (Å²) < 4.78 is 16.7. The molecule has 3 rings (SSSR count). The van der Waals surface area contributed by atoms with Crippen molar-refractivity contribution in [2.75, 3.05) is 33.0 Å². The zero-order chi connectivity index (χ0) is 18.2. The first-order valence-electron chi connectivity index (χ1n) is 9.28. The van der Waals surface area contributed by atoms with E-state index in [0.717, 1.165) is 5.56 Å². The van der Waals surface area contributed by atoms with Crippen LogP contribution in [0.4, 0.5) is 0 Å². The maximum Gasteiger partial charge on any atom is 0.286 e. The maximum atomic E-state index is 12.5. The molecule has 0 bridgehead atoms. The van der Waals surface area contributed by atoms with Crippen LogP contribution in [0.25, 0.3) is 0 Å². The second-order valence-electron chi connectivity index (χ2n) is 6.69. The third-order valence-corrected chi connectivity index (χ3v) is 4.52. The van der Waals surface area contributed by atoms with Crippen LogP contribution in [0.1, 0.15) is 30.7 Å². The molecule has 142 valence electrons. The highest BCUT2D eigenvalue weighted by atomic mass is 16.7. The van der Waals surface area contributed by atoms with Gasteiger partial charge in [-0.1, -0.05) is 30.3 Å². The van der Waals surface area contributed by atoms with Gasteiger partial charge in [0.1, 0.15) is 0 Å². The van der Waals surface area contributed by atoms with Crippen LogP contribution in [0.15, 0.2) is 42.2 Å². The number of carbonyl (C=O) groups is 1. The SMILES string of the molecule is O=C(NCC1CC1)C1=C[C@H](c2ccccc2)C[C@H](OCCOCCO)O1. The molecule has 2 N–H and O–H groups in total. The Kier molecular flexibility index (Phi) is 7.05. The van der Waals surface area contributed by atoms with E-state index in [1.165, 1.54) is 12.8 Å². The molecule has 6 nitrogen and oxygen atoms in total. The Balaban J connectivity index is 1.60. The summed E-state index contributed by atoms with van der Waals surface area (Å²) in [7, 11) is 0. The Morgan fingerprint density at radius 3 is 2.73 bits per heavy atom. The lowest BCUT2D eigenvalue weighted by Crippen LogP contribution is -2.34. The summed E-state index contributed by atoms with van der Waals surface area (Å²) in [6.07, 6.45) is 4.41. The normalized spacial score (nSPS) is 22.4. The number of benzene rings is 1. The van der Waals surface area contributed by atoms with Crippen molar-refractivity contribution >= 4 is 5.91 Å². The van der Waals surface area contributed by atoms with Gasteiger partial charge in [0.05, 0.1) is 26.4 Å². The summed E-state index contributed by atoms with van der Waals surface area (Å²) in [5.41, 5.74) is 1.13. The first kappa shape index (κ1) is 18.9. The minimum absolute atomic E-state index is 0.00986. The van der Waals surface area contributed by atoms with E-state index in [4.69, 9.17) is 19.3 Å². The van der Waals surface area contributed by atoms with Crippen molar-refractivity contribution < 1.29 is 24.1 Å². The molecule has 0 aromatic heterocycles. The first-order chi connectivity index (χ1) is 12.8. The molecule has 2 aliphatic rings. The summed E-state index contributed by atoms with van der Waals surface area (Å²) in [6, 6.07) is 10.1. The highest BCUT2D eigenvalue weighted by molar-refractivity contribution is 5.91. The van der Waals surface area contributed by atoms with E-state index in [2.05, 4.69) is 5.32 Å². The van der Waals surface area contributed by atoms with Gasteiger partial charge in [-0.25, -0.2) is 0 Å². The second-order valence-corrected chi connectivity index (χ2v) is 6.69. The second kappa shape index (κ2) is 9.71. The molecule has 0 spiro atoms. The van der Waals surface area contributed by atoms with E-state index in [1.807, 2.05) is 36.4 Å². The molecule has 1 saturated carbocycles. The average molecular weight is 361 g/mol. The molecule has 26 heavy (non-hydrogen) atoms. The van der Waals surface area contributed by atoms with Crippen LogP contribution in [-0.2, 0) is 19.0 Å². The van der Waals surface area contributed by atoms with Crippen molar-refractivity contribution in [3.8, 4) is 0 Å². The third kappa shape index (κ3) is 5.83. The van der Waals surface area contributed by atoms with Gasteiger partial charge in [-0.2, -0.15) is 0 Å². The summed E-state index contributed by atoms with van der Waals surface area (Å²) >= 11 is 0. The molecule has 1 aliphatic heterocycles. The topological polar surface area (TPSA) is 77.0 Å². The van der Waals surface area contributed by atoms with Gasteiger partial charge in [0.2, 0.25) is 6.29 Å². The summed E-state index contributed by atoms with van der Waals surface area (Å²) in [6.45, 7) is 1.71. The zero-order valence-corrected chi connectivity index (χ0v) is 14.9. The van der Waals surface area contributed by atoms with E-state index in [-0.39, 0.29) is 25.0 Å². The lowest BCUT2D eigenvalue weighted by atomic mass is 9.93. The van der Waals surface area contributed by atoms with Crippen molar-refractivity contribution in [2.45, 2.75) is 31.5 Å².